The van der Waals surface area contributed by atoms with Gasteiger partial charge >= 0.3 is 0 Å². The summed E-state index contributed by atoms with van der Waals surface area (Å²) in [6, 6.07) is 8.48. The number of nitrogens with one attached hydrogen (secondary N) is 2. The Hall–Kier alpha value is -3.94. The van der Waals surface area contributed by atoms with E-state index in [-0.39, 0.29) is 17.6 Å². The van der Waals surface area contributed by atoms with Crippen molar-refractivity contribution in [1.82, 2.24) is 24.9 Å². The molecule has 3 aliphatic heterocycles. The summed E-state index contributed by atoms with van der Waals surface area (Å²) in [6.07, 6.45) is 3.91. The predicted octanol–water partition coefficient (Wildman–Crippen LogP) is 3.10. The number of primary amides is 1. The van der Waals surface area contributed by atoms with Crippen molar-refractivity contribution < 1.29 is 18.8 Å². The third kappa shape index (κ3) is 6.74. The number of aromatic nitrogens is 3. The van der Waals surface area contributed by atoms with Gasteiger partial charge < -0.3 is 40.2 Å². The molecule has 3 saturated heterocycles. The first kappa shape index (κ1) is 30.1. The second kappa shape index (κ2) is 13.4. The Balaban J connectivity index is 1.23. The van der Waals surface area contributed by atoms with Crippen LogP contribution in [0.3, 0.4) is 0 Å². The summed E-state index contributed by atoms with van der Waals surface area (Å²) >= 11 is 0. The van der Waals surface area contributed by atoms with Crippen LogP contribution in [-0.2, 0) is 4.74 Å². The summed E-state index contributed by atoms with van der Waals surface area (Å²) in [5.74, 6) is 1.41. The number of piperazine rings is 1. The number of hydrogen-bond acceptors (Lipinski definition) is 12. The minimum absolute atomic E-state index is 0.00667. The Labute approximate surface area is 258 Å². The molecule has 0 aliphatic carbocycles. The first-order chi connectivity index (χ1) is 21.4. The lowest BCUT2D eigenvalue weighted by Crippen LogP contribution is -2.52. The molecule has 1 amide bonds. The molecule has 4 N–H and O–H groups in total. The molecule has 3 aromatic rings. The highest BCUT2D eigenvalue weighted by Gasteiger charge is 2.28. The molecule has 0 atom stereocenters. The van der Waals surface area contributed by atoms with Crippen LogP contribution in [0.2, 0.25) is 0 Å². The first-order valence-corrected chi connectivity index (χ1v) is 15.5. The maximum absolute atomic E-state index is 12.6. The standard InChI is InChI=1S/C31H43N9O4/c1-20-18-24(37-44-20)27-30(33-21-8-16-43-17-9-21)36-31(28(35-27)29(32)41)34-22-4-5-25(26(19-22)42-3)40-10-6-23(7-11-40)39-14-12-38(2)13-15-39/h4-5,18-19,21,23H,6-17H2,1-3H3,(H2,32,41)(H2,33,34,36). The Morgan fingerprint density at radius 2 is 1.75 bits per heavy atom. The van der Waals surface area contributed by atoms with Gasteiger partial charge in [-0.15, -0.1) is 0 Å². The van der Waals surface area contributed by atoms with E-state index in [1.54, 1.807) is 20.1 Å². The number of nitrogens with zero attached hydrogens (tertiary/aromatic N) is 6. The summed E-state index contributed by atoms with van der Waals surface area (Å²) in [6.45, 7) is 9.64. The molecule has 0 unspecified atom stereocenters. The van der Waals surface area contributed by atoms with Gasteiger partial charge in [0.2, 0.25) is 0 Å². The van der Waals surface area contributed by atoms with Crippen LogP contribution in [0.4, 0.5) is 23.0 Å². The Bertz CT molecular complexity index is 1440. The number of anilines is 4. The summed E-state index contributed by atoms with van der Waals surface area (Å²) in [7, 11) is 3.88. The van der Waals surface area contributed by atoms with E-state index in [1.165, 1.54) is 0 Å². The van der Waals surface area contributed by atoms with Crippen LogP contribution in [0, 0.1) is 6.92 Å². The Morgan fingerprint density at radius 3 is 2.41 bits per heavy atom. The molecule has 236 valence electrons. The van der Waals surface area contributed by atoms with Crippen molar-refractivity contribution >= 4 is 28.9 Å². The number of amides is 1. The van der Waals surface area contributed by atoms with Crippen LogP contribution >= 0.6 is 0 Å². The first-order valence-electron chi connectivity index (χ1n) is 15.5. The largest absolute Gasteiger partial charge is 0.495 e. The molecule has 13 nitrogen and oxygen atoms in total. The van der Waals surface area contributed by atoms with E-state index in [9.17, 15) is 4.79 Å². The smallest absolute Gasteiger partial charge is 0.271 e. The molecule has 44 heavy (non-hydrogen) atoms. The van der Waals surface area contributed by atoms with Crippen LogP contribution in [0.1, 0.15) is 41.9 Å². The molecule has 3 aliphatic rings. The van der Waals surface area contributed by atoms with Crippen LogP contribution in [0.15, 0.2) is 28.8 Å². The Morgan fingerprint density at radius 1 is 1.00 bits per heavy atom. The van der Waals surface area contributed by atoms with Gasteiger partial charge in [-0.2, -0.15) is 0 Å². The van der Waals surface area contributed by atoms with E-state index in [1.807, 2.05) is 12.1 Å². The predicted molar refractivity (Wildman–Crippen MR) is 169 cm³/mol. The number of methoxy groups -OCH3 is 1. The molecule has 13 heteroatoms. The zero-order chi connectivity index (χ0) is 30.6. The number of nitrogens with two attached hydrogens (primary N) is 1. The lowest BCUT2D eigenvalue weighted by molar-refractivity contribution is 0.0904. The van der Waals surface area contributed by atoms with Crippen molar-refractivity contribution in [3.63, 3.8) is 0 Å². The topological polar surface area (TPSA) is 147 Å². The van der Waals surface area contributed by atoms with Crippen molar-refractivity contribution in [2.45, 2.75) is 44.7 Å². The van der Waals surface area contributed by atoms with Gasteiger partial charge in [0.1, 0.15) is 22.9 Å². The summed E-state index contributed by atoms with van der Waals surface area (Å²) in [5.41, 5.74) is 8.44. The lowest BCUT2D eigenvalue weighted by Gasteiger charge is -2.42. The number of aryl methyl sites for hydroxylation is 1. The number of benzene rings is 1. The molecule has 2 aromatic heterocycles. The van der Waals surface area contributed by atoms with Crippen molar-refractivity contribution in [2.24, 2.45) is 5.73 Å². The highest BCUT2D eigenvalue weighted by molar-refractivity contribution is 5.97. The minimum Gasteiger partial charge on any atom is -0.495 e. The fourth-order valence-corrected chi connectivity index (χ4v) is 6.30. The van der Waals surface area contributed by atoms with Gasteiger partial charge in [0, 0.05) is 82.4 Å². The Kier molecular flexibility index (Phi) is 9.14. The molecule has 0 bridgehead atoms. The molecule has 1 aromatic carbocycles. The lowest BCUT2D eigenvalue weighted by atomic mass is 10.0. The number of likely N-dealkylation sites (N-methyl/N-ethyl adjacent to an activating group) is 1. The quantitative estimate of drug-likeness (QED) is 0.329. The van der Waals surface area contributed by atoms with E-state index in [4.69, 9.17) is 24.7 Å². The SMILES string of the molecule is COc1cc(Nc2nc(NC3CCOCC3)c(-c3cc(C)on3)nc2C(N)=O)ccc1N1CCC(N2CCN(C)CC2)CC1. The molecule has 5 heterocycles. The van der Waals surface area contributed by atoms with Gasteiger partial charge in [-0.1, -0.05) is 5.16 Å². The van der Waals surface area contributed by atoms with Crippen molar-refractivity contribution in [3.05, 3.63) is 35.7 Å². The molecular weight excluding hydrogens is 562 g/mol. The highest BCUT2D eigenvalue weighted by Crippen LogP contribution is 2.36. The zero-order valence-electron chi connectivity index (χ0n) is 25.8. The second-order valence-electron chi connectivity index (χ2n) is 11.9. The minimum atomic E-state index is -0.703. The van der Waals surface area contributed by atoms with E-state index < -0.39 is 5.91 Å². The van der Waals surface area contributed by atoms with E-state index in [0.717, 1.165) is 76.4 Å². The van der Waals surface area contributed by atoms with Crippen molar-refractivity contribution in [2.75, 3.05) is 82.2 Å². The number of carbonyl (C=O) groups is 1. The van der Waals surface area contributed by atoms with Crippen molar-refractivity contribution in [1.29, 1.82) is 0 Å². The summed E-state index contributed by atoms with van der Waals surface area (Å²) < 4.78 is 16.7. The second-order valence-corrected chi connectivity index (χ2v) is 11.9. The zero-order valence-corrected chi connectivity index (χ0v) is 25.8. The van der Waals surface area contributed by atoms with Gasteiger partial charge in [-0.25, -0.2) is 9.97 Å². The fourth-order valence-electron chi connectivity index (χ4n) is 6.30. The summed E-state index contributed by atoms with van der Waals surface area (Å²) in [4.78, 5) is 29.5. The number of carbonyl (C=O) groups excluding carboxylic acids is 1. The number of hydrogen-bond donors (Lipinski definition) is 3. The van der Waals surface area contributed by atoms with E-state index >= 15 is 0 Å². The average molecular weight is 606 g/mol. The number of piperidine rings is 1. The number of ether oxygens (including phenoxy) is 2. The van der Waals surface area contributed by atoms with Crippen LogP contribution in [0.25, 0.3) is 11.4 Å². The maximum Gasteiger partial charge on any atom is 0.271 e. The normalized spacial score (nSPS) is 19.2. The van der Waals surface area contributed by atoms with Crippen LogP contribution < -0.4 is 26.0 Å². The van der Waals surface area contributed by atoms with Gasteiger partial charge in [0.25, 0.3) is 5.91 Å². The fraction of sp³-hybridized carbons (Fsp3) is 0.548. The van der Waals surface area contributed by atoms with E-state index in [0.29, 0.717) is 47.9 Å². The van der Waals surface area contributed by atoms with Gasteiger partial charge in [-0.3, -0.25) is 9.69 Å². The third-order valence-electron chi connectivity index (χ3n) is 8.86. The van der Waals surface area contributed by atoms with Gasteiger partial charge in [-0.05, 0) is 51.8 Å². The molecule has 0 saturated carbocycles. The number of rotatable bonds is 9. The molecule has 0 radical (unpaired) electrons. The molecule has 6 rings (SSSR count). The average Bonchev–Trinajstić information content (AvgIpc) is 3.48. The van der Waals surface area contributed by atoms with Gasteiger partial charge in [0.15, 0.2) is 17.3 Å². The third-order valence-corrected chi connectivity index (χ3v) is 8.86. The maximum atomic E-state index is 12.6. The monoisotopic (exact) mass is 605 g/mol. The highest BCUT2D eigenvalue weighted by atomic mass is 16.5. The molecular formula is C31H43N9O4. The van der Waals surface area contributed by atoms with Crippen LogP contribution in [0.5, 0.6) is 5.75 Å². The summed E-state index contributed by atoms with van der Waals surface area (Å²) in [5, 5.41) is 10.9. The van der Waals surface area contributed by atoms with Crippen molar-refractivity contribution in [3.8, 4) is 17.1 Å². The van der Waals surface area contributed by atoms with E-state index in [2.05, 4.69) is 48.6 Å². The van der Waals surface area contributed by atoms with Crippen LogP contribution in [-0.4, -0.2) is 110 Å². The molecule has 3 fully saturated rings. The van der Waals surface area contributed by atoms with Gasteiger partial charge in [0.05, 0.1) is 12.8 Å². The molecule has 0 spiro atoms.